The van der Waals surface area contributed by atoms with Crippen LogP contribution in [0.4, 0.5) is 5.69 Å². The van der Waals surface area contributed by atoms with Crippen molar-refractivity contribution in [1.82, 2.24) is 5.32 Å². The lowest BCUT2D eigenvalue weighted by molar-refractivity contribution is -0.909. The Morgan fingerprint density at radius 3 is 2.71 bits per heavy atom. The molecule has 1 heterocycles. The molecule has 0 spiro atoms. The Morgan fingerprint density at radius 1 is 1.18 bits per heavy atom. The number of hydrogen-bond donors (Lipinski definition) is 3. The van der Waals surface area contributed by atoms with E-state index in [2.05, 4.69) is 17.0 Å². The van der Waals surface area contributed by atoms with Crippen LogP contribution in [-0.4, -0.2) is 40.0 Å². The zero-order valence-corrected chi connectivity index (χ0v) is 17.2. The van der Waals surface area contributed by atoms with Crippen LogP contribution in [0.25, 0.3) is 0 Å². The summed E-state index contributed by atoms with van der Waals surface area (Å²) in [6.45, 7) is 6.87. The van der Waals surface area contributed by atoms with Gasteiger partial charge < -0.3 is 10.2 Å². The summed E-state index contributed by atoms with van der Waals surface area (Å²) < 4.78 is 27.9. The summed E-state index contributed by atoms with van der Waals surface area (Å²) >= 11 is 0. The molecule has 2 atom stereocenters. The first-order valence-corrected chi connectivity index (χ1v) is 11.2. The predicted octanol–water partition coefficient (Wildman–Crippen LogP) is 1.59. The number of nitrogens with one attached hydrogen (secondary N) is 3. The fourth-order valence-electron chi connectivity index (χ4n) is 3.74. The molecule has 1 amide bonds. The van der Waals surface area contributed by atoms with Crippen LogP contribution >= 0.6 is 0 Å². The zero-order valence-electron chi connectivity index (χ0n) is 16.4. The number of amides is 1. The molecular formula is C21H28N3O3S+. The molecule has 0 aromatic heterocycles. The number of quaternary nitrogens is 1. The fraction of sp³-hybridized carbons (Fsp3) is 0.381. The molecule has 1 aliphatic rings. The van der Waals surface area contributed by atoms with Crippen molar-refractivity contribution in [1.29, 1.82) is 0 Å². The molecule has 7 heteroatoms. The van der Waals surface area contributed by atoms with Crippen LogP contribution < -0.4 is 14.9 Å². The normalized spacial score (nSPS) is 19.4. The van der Waals surface area contributed by atoms with Gasteiger partial charge in [0.25, 0.3) is 15.9 Å². The summed E-state index contributed by atoms with van der Waals surface area (Å²) in [6.07, 6.45) is 2.29. The van der Waals surface area contributed by atoms with Crippen LogP contribution in [0.1, 0.15) is 35.7 Å². The molecule has 28 heavy (non-hydrogen) atoms. The van der Waals surface area contributed by atoms with Crippen LogP contribution in [-0.2, 0) is 10.0 Å². The van der Waals surface area contributed by atoms with Crippen molar-refractivity contribution in [2.75, 3.05) is 24.4 Å². The van der Waals surface area contributed by atoms with Gasteiger partial charge in [-0.1, -0.05) is 18.2 Å². The highest BCUT2D eigenvalue weighted by molar-refractivity contribution is 7.92. The van der Waals surface area contributed by atoms with E-state index in [0.717, 1.165) is 25.1 Å². The van der Waals surface area contributed by atoms with E-state index in [1.54, 1.807) is 30.3 Å². The molecule has 1 saturated heterocycles. The molecule has 2 aromatic carbocycles. The number of likely N-dealkylation sites (tertiary alicyclic amines) is 1. The average Bonchev–Trinajstić information content (AvgIpc) is 3.13. The Labute approximate surface area is 167 Å². The van der Waals surface area contributed by atoms with Gasteiger partial charge in [-0.25, -0.2) is 8.42 Å². The van der Waals surface area contributed by atoms with Crippen LogP contribution in [0.5, 0.6) is 0 Å². The van der Waals surface area contributed by atoms with Crippen LogP contribution in [0, 0.1) is 6.92 Å². The topological polar surface area (TPSA) is 79.7 Å². The summed E-state index contributed by atoms with van der Waals surface area (Å²) in [4.78, 5) is 14.1. The number of hydrogen-bond acceptors (Lipinski definition) is 3. The van der Waals surface area contributed by atoms with E-state index >= 15 is 0 Å². The molecule has 6 nitrogen and oxygen atoms in total. The quantitative estimate of drug-likeness (QED) is 0.658. The summed E-state index contributed by atoms with van der Waals surface area (Å²) in [5.41, 5.74) is 1.81. The molecule has 1 aliphatic heterocycles. The number of carbonyl (C=O) groups excluding carboxylic acids is 1. The molecule has 1 fully saturated rings. The zero-order chi connectivity index (χ0) is 20.1. The van der Waals surface area contributed by atoms with E-state index < -0.39 is 10.0 Å². The summed E-state index contributed by atoms with van der Waals surface area (Å²) in [7, 11) is -3.76. The maximum absolute atomic E-state index is 12.7. The van der Waals surface area contributed by atoms with Gasteiger partial charge in [-0.15, -0.1) is 0 Å². The second kappa shape index (κ2) is 8.75. The molecule has 0 bridgehead atoms. The number of rotatable bonds is 7. The Hall–Kier alpha value is -2.38. The van der Waals surface area contributed by atoms with Crippen LogP contribution in [0.3, 0.4) is 0 Å². The number of benzene rings is 2. The third-order valence-electron chi connectivity index (χ3n) is 5.27. The number of sulfonamides is 1. The summed E-state index contributed by atoms with van der Waals surface area (Å²) in [6, 6.07) is 13.7. The van der Waals surface area contributed by atoms with E-state index in [9.17, 15) is 13.2 Å². The minimum absolute atomic E-state index is 0.0725. The molecule has 0 aliphatic carbocycles. The lowest BCUT2D eigenvalue weighted by atomic mass is 10.2. The number of anilines is 1. The smallest absolute Gasteiger partial charge is 0.261 e. The minimum atomic E-state index is -3.76. The number of carbonyl (C=O) groups is 1. The second-order valence-corrected chi connectivity index (χ2v) is 9.00. The SMILES string of the molecule is CC[NH+]1CCC[C@@H]1CNC(=O)c1cccc(S(=O)(=O)Nc2cccc(C)c2)c1. The highest BCUT2D eigenvalue weighted by Gasteiger charge is 2.27. The van der Waals surface area contributed by atoms with Crippen molar-refractivity contribution < 1.29 is 18.1 Å². The lowest BCUT2D eigenvalue weighted by Gasteiger charge is -2.20. The highest BCUT2D eigenvalue weighted by atomic mass is 32.2. The molecule has 150 valence electrons. The molecular weight excluding hydrogens is 374 g/mol. The minimum Gasteiger partial charge on any atom is -0.346 e. The van der Waals surface area contributed by atoms with E-state index in [1.165, 1.54) is 23.5 Å². The van der Waals surface area contributed by atoms with Gasteiger partial charge in [0, 0.05) is 24.1 Å². The molecule has 1 unspecified atom stereocenters. The van der Waals surface area contributed by atoms with Gasteiger partial charge in [0.1, 0.15) is 6.04 Å². The van der Waals surface area contributed by atoms with Gasteiger partial charge in [-0.3, -0.25) is 9.52 Å². The monoisotopic (exact) mass is 402 g/mol. The average molecular weight is 403 g/mol. The van der Waals surface area contributed by atoms with Crippen molar-refractivity contribution in [2.45, 2.75) is 37.6 Å². The van der Waals surface area contributed by atoms with Gasteiger partial charge in [-0.05, 0) is 49.7 Å². The summed E-state index contributed by atoms with van der Waals surface area (Å²) in [5, 5.41) is 2.97. The molecule has 2 aromatic rings. The standard InChI is InChI=1S/C21H27N3O3S/c1-3-24-12-6-10-19(24)15-22-21(25)17-8-5-11-20(14-17)28(26,27)23-18-9-4-7-16(2)13-18/h4-5,7-9,11,13-14,19,23H,3,6,10,12,15H2,1-2H3,(H,22,25)/p+1/t19-/m1/s1. The van der Waals surface area contributed by atoms with Crippen LogP contribution in [0.15, 0.2) is 53.4 Å². The fourth-order valence-corrected chi connectivity index (χ4v) is 4.84. The first kappa shape index (κ1) is 20.4. The Balaban J connectivity index is 1.69. The Bertz CT molecular complexity index is 943. The van der Waals surface area contributed by atoms with E-state index in [1.807, 2.05) is 13.0 Å². The highest BCUT2D eigenvalue weighted by Crippen LogP contribution is 2.18. The van der Waals surface area contributed by atoms with Crippen molar-refractivity contribution in [3.8, 4) is 0 Å². The van der Waals surface area contributed by atoms with E-state index in [0.29, 0.717) is 23.8 Å². The van der Waals surface area contributed by atoms with Crippen LogP contribution in [0.2, 0.25) is 0 Å². The van der Waals surface area contributed by atoms with Gasteiger partial charge in [0.2, 0.25) is 0 Å². The Morgan fingerprint density at radius 2 is 1.96 bits per heavy atom. The number of likely N-dealkylation sites (N-methyl/N-ethyl adjacent to an activating group) is 1. The third kappa shape index (κ3) is 4.91. The molecule has 0 saturated carbocycles. The van der Waals surface area contributed by atoms with Crippen molar-refractivity contribution >= 4 is 21.6 Å². The number of aryl methyl sites for hydroxylation is 1. The van der Waals surface area contributed by atoms with Gasteiger partial charge in [0.05, 0.1) is 24.5 Å². The second-order valence-electron chi connectivity index (χ2n) is 7.31. The molecule has 0 radical (unpaired) electrons. The molecule has 3 N–H and O–H groups in total. The van der Waals surface area contributed by atoms with Gasteiger partial charge >= 0.3 is 0 Å². The van der Waals surface area contributed by atoms with Crippen molar-refractivity contribution in [2.24, 2.45) is 0 Å². The first-order valence-electron chi connectivity index (χ1n) is 9.71. The maximum Gasteiger partial charge on any atom is 0.261 e. The Kier molecular flexibility index (Phi) is 6.36. The predicted molar refractivity (Wildman–Crippen MR) is 110 cm³/mol. The molecule has 3 rings (SSSR count). The lowest BCUT2D eigenvalue weighted by Crippen LogP contribution is -3.14. The van der Waals surface area contributed by atoms with Gasteiger partial charge in [0.15, 0.2) is 0 Å². The van der Waals surface area contributed by atoms with Crippen molar-refractivity contribution in [3.05, 3.63) is 59.7 Å². The largest absolute Gasteiger partial charge is 0.346 e. The third-order valence-corrected chi connectivity index (χ3v) is 6.65. The maximum atomic E-state index is 12.7. The van der Waals surface area contributed by atoms with E-state index in [4.69, 9.17) is 0 Å². The van der Waals surface area contributed by atoms with E-state index in [-0.39, 0.29) is 10.8 Å². The summed E-state index contributed by atoms with van der Waals surface area (Å²) in [5.74, 6) is -0.241. The van der Waals surface area contributed by atoms with Gasteiger partial charge in [-0.2, -0.15) is 0 Å². The van der Waals surface area contributed by atoms with Crippen molar-refractivity contribution in [3.63, 3.8) is 0 Å². The first-order chi connectivity index (χ1) is 13.4.